The normalized spacial score (nSPS) is 12.5. The average Bonchev–Trinajstić information content (AvgIpc) is 2.92. The molecule has 6 heteroatoms. The van der Waals surface area contributed by atoms with Crippen LogP contribution in [0, 0.1) is 13.8 Å². The smallest absolute Gasteiger partial charge is 0.261 e. The summed E-state index contributed by atoms with van der Waals surface area (Å²) in [6.07, 6.45) is 1.69. The van der Waals surface area contributed by atoms with Crippen LogP contribution < -0.4 is 4.72 Å². The van der Waals surface area contributed by atoms with Crippen molar-refractivity contribution in [2.24, 2.45) is 7.05 Å². The molecule has 0 radical (unpaired) electrons. The van der Waals surface area contributed by atoms with Crippen molar-refractivity contribution in [3.05, 3.63) is 53.3 Å². The van der Waals surface area contributed by atoms with Crippen molar-refractivity contribution < 1.29 is 8.42 Å². The lowest BCUT2D eigenvalue weighted by Crippen LogP contribution is -2.16. The molecule has 0 bridgehead atoms. The van der Waals surface area contributed by atoms with Crippen LogP contribution in [0.5, 0.6) is 0 Å². The first-order valence-corrected chi connectivity index (χ1v) is 10.0. The molecule has 0 aliphatic heterocycles. The molecule has 3 rings (SSSR count). The Hall–Kier alpha value is -2.34. The maximum absolute atomic E-state index is 12.9. The van der Waals surface area contributed by atoms with Crippen molar-refractivity contribution in [2.45, 2.75) is 44.9 Å². The molecule has 2 aromatic carbocycles. The number of nitrogens with one attached hydrogen (secondary N) is 1. The molecular weight excluding hydrogens is 346 g/mol. The highest BCUT2D eigenvalue weighted by Gasteiger charge is 2.21. The summed E-state index contributed by atoms with van der Waals surface area (Å²) in [7, 11) is -1.80. The molecule has 26 heavy (non-hydrogen) atoms. The molecule has 0 atom stereocenters. The van der Waals surface area contributed by atoms with Crippen molar-refractivity contribution >= 4 is 26.7 Å². The molecule has 0 aliphatic rings. The highest BCUT2D eigenvalue weighted by atomic mass is 32.2. The maximum Gasteiger partial charge on any atom is 0.261 e. The van der Waals surface area contributed by atoms with Gasteiger partial charge in [0.05, 0.1) is 22.4 Å². The summed E-state index contributed by atoms with van der Waals surface area (Å²) in [5, 5.41) is 0. The lowest BCUT2D eigenvalue weighted by molar-refractivity contribution is 0.587. The van der Waals surface area contributed by atoms with E-state index in [9.17, 15) is 8.42 Å². The number of aryl methyl sites for hydroxylation is 2. The van der Waals surface area contributed by atoms with Gasteiger partial charge in [0, 0.05) is 7.05 Å². The fourth-order valence-electron chi connectivity index (χ4n) is 2.94. The van der Waals surface area contributed by atoms with E-state index >= 15 is 0 Å². The second kappa shape index (κ2) is 6.13. The lowest BCUT2D eigenvalue weighted by Gasteiger charge is -2.19. The van der Waals surface area contributed by atoms with Gasteiger partial charge in [0.2, 0.25) is 0 Å². The summed E-state index contributed by atoms with van der Waals surface area (Å²) >= 11 is 0. The highest BCUT2D eigenvalue weighted by molar-refractivity contribution is 7.92. The van der Waals surface area contributed by atoms with Gasteiger partial charge in [0.1, 0.15) is 5.52 Å². The number of rotatable bonds is 3. The third-order valence-corrected chi connectivity index (χ3v) is 6.17. The number of nitrogens with zero attached hydrogens (tertiary/aromatic N) is 2. The Bertz CT molecular complexity index is 1070. The summed E-state index contributed by atoms with van der Waals surface area (Å²) in [5.74, 6) is 0. The second-order valence-corrected chi connectivity index (χ2v) is 9.48. The zero-order valence-electron chi connectivity index (χ0n) is 16.1. The van der Waals surface area contributed by atoms with Crippen LogP contribution >= 0.6 is 0 Å². The summed E-state index contributed by atoms with van der Waals surface area (Å²) in [5.41, 5.74) is 5.06. The molecule has 0 aliphatic carbocycles. The Morgan fingerprint density at radius 2 is 1.69 bits per heavy atom. The SMILES string of the molecule is Cc1cc2c(ncn2C)c(NS(=O)(=O)c2ccc(C(C)(C)C)cc2)c1C. The van der Waals surface area contributed by atoms with Gasteiger partial charge < -0.3 is 4.57 Å². The van der Waals surface area contributed by atoms with Gasteiger partial charge in [-0.2, -0.15) is 0 Å². The van der Waals surface area contributed by atoms with Gasteiger partial charge in [0.15, 0.2) is 0 Å². The molecule has 0 saturated carbocycles. The van der Waals surface area contributed by atoms with E-state index in [0.29, 0.717) is 11.2 Å². The van der Waals surface area contributed by atoms with Crippen LogP contribution in [-0.2, 0) is 22.5 Å². The monoisotopic (exact) mass is 371 g/mol. The van der Waals surface area contributed by atoms with Crippen LogP contribution in [0.3, 0.4) is 0 Å². The van der Waals surface area contributed by atoms with E-state index in [0.717, 1.165) is 22.2 Å². The first kappa shape index (κ1) is 18.5. The Morgan fingerprint density at radius 3 is 2.27 bits per heavy atom. The van der Waals surface area contributed by atoms with Gasteiger partial charge in [-0.25, -0.2) is 13.4 Å². The van der Waals surface area contributed by atoms with Crippen LogP contribution in [0.1, 0.15) is 37.5 Å². The maximum atomic E-state index is 12.9. The number of fused-ring (bicyclic) bond motifs is 1. The van der Waals surface area contributed by atoms with E-state index in [1.807, 2.05) is 43.7 Å². The number of aromatic nitrogens is 2. The predicted octanol–water partition coefficient (Wildman–Crippen LogP) is 4.29. The van der Waals surface area contributed by atoms with E-state index in [-0.39, 0.29) is 10.3 Å². The molecule has 0 saturated heterocycles. The Balaban J connectivity index is 2.05. The average molecular weight is 372 g/mol. The molecular formula is C20H25N3O2S. The van der Waals surface area contributed by atoms with Crippen molar-refractivity contribution in [2.75, 3.05) is 4.72 Å². The summed E-state index contributed by atoms with van der Waals surface area (Å²) in [6.45, 7) is 10.2. The van der Waals surface area contributed by atoms with E-state index in [1.165, 1.54) is 0 Å². The molecule has 1 N–H and O–H groups in total. The highest BCUT2D eigenvalue weighted by Crippen LogP contribution is 2.31. The fourth-order valence-corrected chi connectivity index (χ4v) is 4.07. The van der Waals surface area contributed by atoms with Crippen LogP contribution in [0.15, 0.2) is 41.6 Å². The van der Waals surface area contributed by atoms with Crippen LogP contribution in [-0.4, -0.2) is 18.0 Å². The Kier molecular flexibility index (Phi) is 4.35. The summed E-state index contributed by atoms with van der Waals surface area (Å²) in [6, 6.07) is 9.07. The Morgan fingerprint density at radius 1 is 1.08 bits per heavy atom. The molecule has 138 valence electrons. The molecule has 1 heterocycles. The zero-order chi connectivity index (χ0) is 19.3. The van der Waals surface area contributed by atoms with Crippen LogP contribution in [0.25, 0.3) is 11.0 Å². The molecule has 3 aromatic rings. The molecule has 1 aromatic heterocycles. The van der Waals surface area contributed by atoms with Crippen molar-refractivity contribution in [1.82, 2.24) is 9.55 Å². The van der Waals surface area contributed by atoms with Crippen LogP contribution in [0.2, 0.25) is 0 Å². The summed E-state index contributed by atoms with van der Waals surface area (Å²) in [4.78, 5) is 4.63. The molecule has 0 unspecified atom stereocenters. The number of imidazole rings is 1. The zero-order valence-corrected chi connectivity index (χ0v) is 16.9. The van der Waals surface area contributed by atoms with Gasteiger partial charge in [0.25, 0.3) is 10.0 Å². The van der Waals surface area contributed by atoms with Crippen LogP contribution in [0.4, 0.5) is 5.69 Å². The quantitative estimate of drug-likeness (QED) is 0.747. The fraction of sp³-hybridized carbons (Fsp3) is 0.350. The number of sulfonamides is 1. The van der Waals surface area contributed by atoms with Crippen molar-refractivity contribution in [1.29, 1.82) is 0 Å². The van der Waals surface area contributed by atoms with Gasteiger partial charge in [-0.15, -0.1) is 0 Å². The van der Waals surface area contributed by atoms with Gasteiger partial charge in [-0.05, 0) is 54.2 Å². The first-order valence-electron chi connectivity index (χ1n) is 8.55. The Labute approximate surface area is 155 Å². The van der Waals surface area contributed by atoms with E-state index in [1.54, 1.807) is 18.5 Å². The third kappa shape index (κ3) is 3.21. The van der Waals surface area contributed by atoms with E-state index in [2.05, 4.69) is 30.5 Å². The number of benzene rings is 2. The van der Waals surface area contributed by atoms with E-state index in [4.69, 9.17) is 0 Å². The number of hydrogen-bond donors (Lipinski definition) is 1. The largest absolute Gasteiger partial charge is 0.334 e. The van der Waals surface area contributed by atoms with E-state index < -0.39 is 10.0 Å². The van der Waals surface area contributed by atoms with Crippen molar-refractivity contribution in [3.8, 4) is 0 Å². The molecule has 0 fully saturated rings. The molecule has 0 amide bonds. The second-order valence-electron chi connectivity index (χ2n) is 7.80. The molecule has 0 spiro atoms. The summed E-state index contributed by atoms with van der Waals surface area (Å²) < 4.78 is 30.5. The molecule has 5 nitrogen and oxygen atoms in total. The predicted molar refractivity (Wildman–Crippen MR) is 106 cm³/mol. The van der Waals surface area contributed by atoms with Gasteiger partial charge in [-0.1, -0.05) is 32.9 Å². The van der Waals surface area contributed by atoms with Gasteiger partial charge in [-0.3, -0.25) is 4.72 Å². The van der Waals surface area contributed by atoms with Gasteiger partial charge >= 0.3 is 0 Å². The minimum Gasteiger partial charge on any atom is -0.334 e. The minimum absolute atomic E-state index is 0.0248. The number of hydrogen-bond acceptors (Lipinski definition) is 3. The third-order valence-electron chi connectivity index (χ3n) is 4.81. The number of anilines is 1. The standard InChI is InChI=1S/C20H25N3O2S/c1-13-11-17-19(21-12-23(17)6)18(14(13)2)22-26(24,25)16-9-7-15(8-10-16)20(3,4)5/h7-12,22H,1-6H3. The van der Waals surface area contributed by atoms with Crippen molar-refractivity contribution in [3.63, 3.8) is 0 Å². The topological polar surface area (TPSA) is 64.0 Å². The minimum atomic E-state index is -3.70. The lowest BCUT2D eigenvalue weighted by atomic mass is 9.87. The first-order chi connectivity index (χ1) is 12.0.